The molecular weight excluding hydrogens is 222 g/mol. The van der Waals surface area contributed by atoms with Crippen LogP contribution in [0.25, 0.3) is 0 Å². The summed E-state index contributed by atoms with van der Waals surface area (Å²) in [6.45, 7) is 19.5. The van der Waals surface area contributed by atoms with Gasteiger partial charge < -0.3 is 5.73 Å². The van der Waals surface area contributed by atoms with Crippen LogP contribution in [0.1, 0.15) is 75.2 Å². The molecule has 108 valence electrons. The maximum absolute atomic E-state index is 12.1. The normalized spacial score (nSPS) is 17.4. The number of carbonyl (C=O) groups excluding carboxylic acids is 1. The van der Waals surface area contributed by atoms with Crippen molar-refractivity contribution in [2.24, 2.45) is 27.4 Å². The summed E-state index contributed by atoms with van der Waals surface area (Å²) in [7, 11) is 0. The van der Waals surface area contributed by atoms with Crippen LogP contribution in [-0.2, 0) is 4.79 Å². The van der Waals surface area contributed by atoms with Crippen molar-refractivity contribution >= 4 is 5.91 Å². The predicted molar refractivity (Wildman–Crippen MR) is 79.2 cm³/mol. The minimum atomic E-state index is -0.474. The Balaban J connectivity index is 5.40. The highest BCUT2D eigenvalue weighted by Gasteiger charge is 2.48. The average Bonchev–Trinajstić information content (AvgIpc) is 1.94. The van der Waals surface area contributed by atoms with Gasteiger partial charge in [0.15, 0.2) is 0 Å². The number of hydrogen-bond acceptors (Lipinski definition) is 1. The van der Waals surface area contributed by atoms with E-state index in [1.165, 1.54) is 0 Å². The first kappa shape index (κ1) is 17.5. The number of rotatable bonds is 4. The molecule has 0 aliphatic rings. The number of hydrogen-bond donors (Lipinski definition) is 1. The van der Waals surface area contributed by atoms with Gasteiger partial charge >= 0.3 is 0 Å². The number of nitrogens with two attached hydrogens (primary N) is 1. The van der Waals surface area contributed by atoms with Crippen LogP contribution in [0.4, 0.5) is 0 Å². The molecule has 0 saturated carbocycles. The molecule has 0 aromatic rings. The lowest BCUT2D eigenvalue weighted by atomic mass is 9.56. The molecule has 2 N–H and O–H groups in total. The zero-order chi connectivity index (χ0) is 15.0. The summed E-state index contributed by atoms with van der Waals surface area (Å²) in [6, 6.07) is 0. The van der Waals surface area contributed by atoms with E-state index in [1.54, 1.807) is 0 Å². The largest absolute Gasteiger partial charge is 0.369 e. The van der Waals surface area contributed by atoms with Gasteiger partial charge in [0.2, 0.25) is 5.91 Å². The second kappa shape index (κ2) is 4.86. The minimum absolute atomic E-state index is 0.0962. The van der Waals surface area contributed by atoms with Crippen LogP contribution in [0.2, 0.25) is 0 Å². The van der Waals surface area contributed by atoms with E-state index in [0.29, 0.717) is 0 Å². The molecule has 18 heavy (non-hydrogen) atoms. The maximum atomic E-state index is 12.1. The fraction of sp³-hybridized carbons (Fsp3) is 0.938. The second-order valence-electron chi connectivity index (χ2n) is 9.06. The fourth-order valence-electron chi connectivity index (χ4n) is 3.24. The first-order valence-electron chi connectivity index (χ1n) is 6.91. The zero-order valence-electron chi connectivity index (χ0n) is 13.9. The highest BCUT2D eigenvalue weighted by atomic mass is 16.1. The molecule has 1 amide bonds. The van der Waals surface area contributed by atoms with E-state index in [9.17, 15) is 4.79 Å². The van der Waals surface area contributed by atoms with E-state index < -0.39 is 5.41 Å². The molecule has 1 unspecified atom stereocenters. The van der Waals surface area contributed by atoms with E-state index in [1.807, 2.05) is 6.92 Å². The molecule has 2 nitrogen and oxygen atoms in total. The molecule has 1 atom stereocenters. The van der Waals surface area contributed by atoms with Gasteiger partial charge in [0.1, 0.15) is 0 Å². The lowest BCUT2D eigenvalue weighted by molar-refractivity contribution is -0.137. The van der Waals surface area contributed by atoms with Crippen LogP contribution < -0.4 is 5.73 Å². The molecule has 0 bridgehead atoms. The summed E-state index contributed by atoms with van der Waals surface area (Å²) in [5.74, 6) is -0.174. The van der Waals surface area contributed by atoms with Gasteiger partial charge in [0.05, 0.1) is 5.41 Å². The molecule has 0 aromatic carbocycles. The van der Waals surface area contributed by atoms with Crippen molar-refractivity contribution in [1.29, 1.82) is 0 Å². The summed E-state index contributed by atoms with van der Waals surface area (Å²) in [5, 5.41) is 0. The Labute approximate surface area is 114 Å². The Morgan fingerprint density at radius 1 is 0.778 bits per heavy atom. The summed E-state index contributed by atoms with van der Waals surface area (Å²) in [6.07, 6.45) is 1.80. The van der Waals surface area contributed by atoms with Gasteiger partial charge in [-0.2, -0.15) is 0 Å². The number of amides is 1. The minimum Gasteiger partial charge on any atom is -0.369 e. The Bertz CT molecular complexity index is 304. The molecule has 0 aliphatic carbocycles. The van der Waals surface area contributed by atoms with E-state index in [0.717, 1.165) is 12.8 Å². The van der Waals surface area contributed by atoms with Crippen molar-refractivity contribution in [1.82, 2.24) is 0 Å². The van der Waals surface area contributed by atoms with Crippen LogP contribution >= 0.6 is 0 Å². The third-order valence-electron chi connectivity index (χ3n) is 3.89. The molecule has 0 aromatic heterocycles. The number of primary amides is 1. The standard InChI is InChI=1S/C16H33NO/c1-13(2,3)10-15(7,8)16(9,12(17)18)11-14(4,5)6/h10-11H2,1-9H3,(H2,17,18). The van der Waals surface area contributed by atoms with E-state index in [4.69, 9.17) is 5.73 Å². The van der Waals surface area contributed by atoms with E-state index in [2.05, 4.69) is 55.4 Å². The van der Waals surface area contributed by atoms with Gasteiger partial charge in [0, 0.05) is 0 Å². The molecule has 0 spiro atoms. The van der Waals surface area contributed by atoms with Gasteiger partial charge in [-0.1, -0.05) is 62.3 Å². The van der Waals surface area contributed by atoms with Crippen molar-refractivity contribution in [3.63, 3.8) is 0 Å². The van der Waals surface area contributed by atoms with Gasteiger partial charge in [-0.15, -0.1) is 0 Å². The summed E-state index contributed by atoms with van der Waals surface area (Å²) >= 11 is 0. The molecule has 0 radical (unpaired) electrons. The smallest absolute Gasteiger partial charge is 0.223 e. The Hall–Kier alpha value is -0.530. The van der Waals surface area contributed by atoms with Crippen molar-refractivity contribution in [2.75, 3.05) is 0 Å². The van der Waals surface area contributed by atoms with Crippen LogP contribution in [0.3, 0.4) is 0 Å². The summed E-state index contributed by atoms with van der Waals surface area (Å²) in [5.41, 5.74) is 5.45. The second-order valence-corrected chi connectivity index (χ2v) is 9.06. The van der Waals surface area contributed by atoms with Crippen molar-refractivity contribution in [3.05, 3.63) is 0 Å². The van der Waals surface area contributed by atoms with Gasteiger partial charge in [0.25, 0.3) is 0 Å². The lowest BCUT2D eigenvalue weighted by Crippen LogP contribution is -2.49. The first-order chi connectivity index (χ1) is 7.61. The zero-order valence-corrected chi connectivity index (χ0v) is 13.9. The van der Waals surface area contributed by atoms with E-state index in [-0.39, 0.29) is 22.2 Å². The SMILES string of the molecule is CC(C)(C)CC(C)(C)C(C)(CC(C)(C)C)C(N)=O. The molecule has 0 fully saturated rings. The quantitative estimate of drug-likeness (QED) is 0.796. The summed E-state index contributed by atoms with van der Waals surface area (Å²) < 4.78 is 0. The predicted octanol–water partition coefficient (Wildman–Crippen LogP) is 4.38. The number of carbonyl (C=O) groups is 1. The highest BCUT2D eigenvalue weighted by molar-refractivity contribution is 5.81. The third-order valence-corrected chi connectivity index (χ3v) is 3.89. The van der Waals surface area contributed by atoms with Gasteiger partial charge in [-0.25, -0.2) is 0 Å². The average molecular weight is 255 g/mol. The lowest BCUT2D eigenvalue weighted by Gasteiger charge is -2.48. The van der Waals surface area contributed by atoms with Gasteiger partial charge in [-0.05, 0) is 29.1 Å². The Morgan fingerprint density at radius 3 is 1.33 bits per heavy atom. The molecule has 2 heteroatoms. The van der Waals surface area contributed by atoms with Crippen LogP contribution in [0.5, 0.6) is 0 Å². The van der Waals surface area contributed by atoms with Gasteiger partial charge in [-0.3, -0.25) is 4.79 Å². The van der Waals surface area contributed by atoms with Crippen LogP contribution in [0.15, 0.2) is 0 Å². The topological polar surface area (TPSA) is 43.1 Å². The first-order valence-corrected chi connectivity index (χ1v) is 6.91. The fourth-order valence-corrected chi connectivity index (χ4v) is 3.24. The highest BCUT2D eigenvalue weighted by Crippen LogP contribution is 2.51. The Morgan fingerprint density at radius 2 is 1.11 bits per heavy atom. The Kier molecular flexibility index (Phi) is 4.72. The van der Waals surface area contributed by atoms with Crippen molar-refractivity contribution in [2.45, 2.75) is 75.2 Å². The third kappa shape index (κ3) is 4.62. The van der Waals surface area contributed by atoms with Crippen molar-refractivity contribution < 1.29 is 4.79 Å². The molecular formula is C16H33NO. The molecule has 0 saturated heterocycles. The van der Waals surface area contributed by atoms with E-state index >= 15 is 0 Å². The van der Waals surface area contributed by atoms with Crippen LogP contribution in [-0.4, -0.2) is 5.91 Å². The molecule has 0 rings (SSSR count). The monoisotopic (exact) mass is 255 g/mol. The van der Waals surface area contributed by atoms with Crippen molar-refractivity contribution in [3.8, 4) is 0 Å². The molecule has 0 aliphatic heterocycles. The summed E-state index contributed by atoms with van der Waals surface area (Å²) in [4.78, 5) is 12.1. The maximum Gasteiger partial charge on any atom is 0.223 e. The molecule has 0 heterocycles. The van der Waals surface area contributed by atoms with Crippen LogP contribution in [0, 0.1) is 21.7 Å².